The monoisotopic (exact) mass is 196 g/mol. The summed E-state index contributed by atoms with van der Waals surface area (Å²) in [7, 11) is 1.36. The average molecular weight is 196 g/mol. The van der Waals surface area contributed by atoms with Crippen LogP contribution < -0.4 is 0 Å². The number of allylic oxidation sites excluding steroid dienone is 1. The van der Waals surface area contributed by atoms with Crippen molar-refractivity contribution in [2.75, 3.05) is 7.11 Å². The maximum Gasteiger partial charge on any atom is 0.341 e. The van der Waals surface area contributed by atoms with Gasteiger partial charge < -0.3 is 9.47 Å². The molecule has 0 aromatic rings. The van der Waals surface area contributed by atoms with Crippen molar-refractivity contribution in [3.8, 4) is 0 Å². The molecule has 1 heterocycles. The molecule has 3 heteroatoms. The molecule has 1 aliphatic rings. The van der Waals surface area contributed by atoms with Gasteiger partial charge in [-0.05, 0) is 20.3 Å². The molecule has 0 aliphatic carbocycles. The summed E-state index contributed by atoms with van der Waals surface area (Å²) < 4.78 is 10.3. The minimum absolute atomic E-state index is 0.371. The molecule has 3 nitrogen and oxygen atoms in total. The first-order valence-corrected chi connectivity index (χ1v) is 4.64. The predicted molar refractivity (Wildman–Crippen MR) is 53.6 cm³/mol. The van der Waals surface area contributed by atoms with Crippen LogP contribution in [0.2, 0.25) is 0 Å². The highest BCUT2D eigenvalue weighted by molar-refractivity contribution is 5.95. The van der Waals surface area contributed by atoms with Gasteiger partial charge in [0.2, 0.25) is 0 Å². The van der Waals surface area contributed by atoms with Gasteiger partial charge in [0, 0.05) is 5.57 Å². The molecular formula is C11H16O3. The van der Waals surface area contributed by atoms with Crippen molar-refractivity contribution in [2.24, 2.45) is 0 Å². The molecule has 0 saturated carbocycles. The van der Waals surface area contributed by atoms with Crippen LogP contribution in [0.15, 0.2) is 23.5 Å². The first-order valence-electron chi connectivity index (χ1n) is 4.64. The quantitative estimate of drug-likeness (QED) is 0.635. The smallest absolute Gasteiger partial charge is 0.341 e. The van der Waals surface area contributed by atoms with Crippen LogP contribution >= 0.6 is 0 Å². The lowest BCUT2D eigenvalue weighted by Crippen LogP contribution is -2.25. The van der Waals surface area contributed by atoms with Gasteiger partial charge in [0.05, 0.1) is 7.11 Å². The maximum atomic E-state index is 11.4. The van der Waals surface area contributed by atoms with Crippen LogP contribution in [0.25, 0.3) is 0 Å². The molecule has 78 valence electrons. The second kappa shape index (κ2) is 3.48. The summed E-state index contributed by atoms with van der Waals surface area (Å²) in [6.07, 6.45) is 0.781. The van der Waals surface area contributed by atoms with Crippen LogP contribution in [0.4, 0.5) is 0 Å². The number of esters is 1. The van der Waals surface area contributed by atoms with Gasteiger partial charge in [-0.1, -0.05) is 13.5 Å². The summed E-state index contributed by atoms with van der Waals surface area (Å²) in [5, 5.41) is 0. The third-order valence-electron chi connectivity index (χ3n) is 2.73. The van der Waals surface area contributed by atoms with E-state index in [1.165, 1.54) is 7.11 Å². The van der Waals surface area contributed by atoms with Crippen LogP contribution in [-0.2, 0) is 14.3 Å². The molecular weight excluding hydrogens is 180 g/mol. The molecule has 0 aromatic heterocycles. The van der Waals surface area contributed by atoms with E-state index in [0.29, 0.717) is 16.9 Å². The van der Waals surface area contributed by atoms with Crippen molar-refractivity contribution in [2.45, 2.75) is 32.8 Å². The zero-order valence-corrected chi connectivity index (χ0v) is 9.14. The van der Waals surface area contributed by atoms with Gasteiger partial charge in [0.15, 0.2) is 0 Å². The topological polar surface area (TPSA) is 35.5 Å². The fourth-order valence-corrected chi connectivity index (χ4v) is 1.58. The number of methoxy groups -OCH3 is 1. The fraction of sp³-hybridized carbons (Fsp3) is 0.545. The fourth-order valence-electron chi connectivity index (χ4n) is 1.58. The Balaban J connectivity index is 3.04. The molecule has 1 aliphatic heterocycles. The Morgan fingerprint density at radius 2 is 2.21 bits per heavy atom. The van der Waals surface area contributed by atoms with E-state index >= 15 is 0 Å². The summed E-state index contributed by atoms with van der Waals surface area (Å²) >= 11 is 0. The molecule has 14 heavy (non-hydrogen) atoms. The van der Waals surface area contributed by atoms with Gasteiger partial charge in [-0.15, -0.1) is 0 Å². The molecule has 1 unspecified atom stereocenters. The van der Waals surface area contributed by atoms with Gasteiger partial charge >= 0.3 is 5.97 Å². The molecule has 0 bridgehead atoms. The summed E-state index contributed by atoms with van der Waals surface area (Å²) in [5.74, 6) is 0.232. The van der Waals surface area contributed by atoms with E-state index in [9.17, 15) is 4.79 Å². The number of carbonyl (C=O) groups is 1. The first-order chi connectivity index (χ1) is 6.46. The van der Waals surface area contributed by atoms with E-state index < -0.39 is 5.60 Å². The van der Waals surface area contributed by atoms with Gasteiger partial charge in [0.25, 0.3) is 0 Å². The standard InChI is InChI=1S/C11H16O3/c1-6-11(4)7(2)9(8(3)14-11)10(12)13-5/h2,6H2,1,3-5H3. The molecule has 0 fully saturated rings. The lowest BCUT2D eigenvalue weighted by atomic mass is 9.91. The highest BCUT2D eigenvalue weighted by Crippen LogP contribution is 2.40. The van der Waals surface area contributed by atoms with Crippen LogP contribution in [0, 0.1) is 0 Å². The van der Waals surface area contributed by atoms with Crippen molar-refractivity contribution >= 4 is 5.97 Å². The van der Waals surface area contributed by atoms with Crippen LogP contribution in [0.3, 0.4) is 0 Å². The average Bonchev–Trinajstić information content (AvgIpc) is 2.38. The van der Waals surface area contributed by atoms with E-state index in [4.69, 9.17) is 4.74 Å². The van der Waals surface area contributed by atoms with Gasteiger partial charge in [-0.3, -0.25) is 0 Å². The third kappa shape index (κ3) is 1.43. The number of hydrogen-bond acceptors (Lipinski definition) is 3. The van der Waals surface area contributed by atoms with E-state index in [-0.39, 0.29) is 5.97 Å². The van der Waals surface area contributed by atoms with Crippen molar-refractivity contribution in [3.05, 3.63) is 23.5 Å². The molecule has 0 saturated heterocycles. The van der Waals surface area contributed by atoms with Crippen LogP contribution in [-0.4, -0.2) is 18.7 Å². The minimum Gasteiger partial charge on any atom is -0.487 e. The Kier molecular flexibility index (Phi) is 2.69. The van der Waals surface area contributed by atoms with E-state index in [1.807, 2.05) is 13.8 Å². The van der Waals surface area contributed by atoms with Crippen molar-refractivity contribution < 1.29 is 14.3 Å². The molecule has 1 rings (SSSR count). The van der Waals surface area contributed by atoms with Gasteiger partial charge in [0.1, 0.15) is 16.9 Å². The Labute approximate surface area is 84.4 Å². The maximum absolute atomic E-state index is 11.4. The van der Waals surface area contributed by atoms with Crippen molar-refractivity contribution in [3.63, 3.8) is 0 Å². The molecule has 0 radical (unpaired) electrons. The Morgan fingerprint density at radius 3 is 2.57 bits per heavy atom. The molecule has 0 amide bonds. The van der Waals surface area contributed by atoms with Gasteiger partial charge in [-0.25, -0.2) is 4.79 Å². The second-order valence-electron chi connectivity index (χ2n) is 3.59. The largest absolute Gasteiger partial charge is 0.487 e. The van der Waals surface area contributed by atoms with Gasteiger partial charge in [-0.2, -0.15) is 0 Å². The zero-order valence-electron chi connectivity index (χ0n) is 9.14. The first kappa shape index (κ1) is 10.8. The normalized spacial score (nSPS) is 26.4. The van der Waals surface area contributed by atoms with E-state index in [2.05, 4.69) is 11.3 Å². The van der Waals surface area contributed by atoms with Crippen molar-refractivity contribution in [1.29, 1.82) is 0 Å². The number of rotatable bonds is 2. The van der Waals surface area contributed by atoms with Crippen LogP contribution in [0.1, 0.15) is 27.2 Å². The summed E-state index contributed by atoms with van der Waals surface area (Å²) in [6, 6.07) is 0. The SMILES string of the molecule is C=C1C(C(=O)OC)=C(C)OC1(C)CC. The summed E-state index contributed by atoms with van der Waals surface area (Å²) in [5.41, 5.74) is 0.745. The number of ether oxygens (including phenoxy) is 2. The minimum atomic E-state index is -0.451. The predicted octanol–water partition coefficient (Wildman–Crippen LogP) is 2.19. The Morgan fingerprint density at radius 1 is 1.64 bits per heavy atom. The molecule has 0 aromatic carbocycles. The lowest BCUT2D eigenvalue weighted by molar-refractivity contribution is -0.135. The second-order valence-corrected chi connectivity index (χ2v) is 3.59. The molecule has 0 N–H and O–H groups in total. The molecule has 1 atom stereocenters. The number of carbonyl (C=O) groups excluding carboxylic acids is 1. The highest BCUT2D eigenvalue weighted by Gasteiger charge is 2.40. The summed E-state index contributed by atoms with van der Waals surface area (Å²) in [4.78, 5) is 11.4. The highest BCUT2D eigenvalue weighted by atomic mass is 16.5. The van der Waals surface area contributed by atoms with Crippen LogP contribution in [0.5, 0.6) is 0 Å². The lowest BCUT2D eigenvalue weighted by Gasteiger charge is -2.24. The molecule has 0 spiro atoms. The Bertz CT molecular complexity index is 314. The van der Waals surface area contributed by atoms with Crippen molar-refractivity contribution in [1.82, 2.24) is 0 Å². The number of hydrogen-bond donors (Lipinski definition) is 0. The Hall–Kier alpha value is -1.25. The van der Waals surface area contributed by atoms with E-state index in [1.54, 1.807) is 6.92 Å². The summed E-state index contributed by atoms with van der Waals surface area (Å²) in [6.45, 7) is 9.58. The third-order valence-corrected chi connectivity index (χ3v) is 2.73. The van der Waals surface area contributed by atoms with E-state index in [0.717, 1.165) is 6.42 Å². The zero-order chi connectivity index (χ0) is 10.9.